The largest absolute Gasteiger partial charge is 0.495 e. The molecule has 0 unspecified atom stereocenters. The van der Waals surface area contributed by atoms with Gasteiger partial charge in [-0.05, 0) is 0 Å². The van der Waals surface area contributed by atoms with Crippen LogP contribution in [-0.4, -0.2) is 17.9 Å². The smallest absolute Gasteiger partial charge is 0.178 e. The van der Waals surface area contributed by atoms with Crippen LogP contribution in [0.25, 0.3) is 0 Å². The SMILES string of the molecule is COc1cc(C(C)=O)ncc1C#N. The zero-order chi connectivity index (χ0) is 9.84. The zero-order valence-corrected chi connectivity index (χ0v) is 7.37. The lowest BCUT2D eigenvalue weighted by atomic mass is 10.2. The Kier molecular flexibility index (Phi) is 2.60. The number of carbonyl (C=O) groups excluding carboxylic acids is 1. The molecule has 0 aliphatic carbocycles. The van der Waals surface area contributed by atoms with Crippen molar-refractivity contribution in [1.82, 2.24) is 4.98 Å². The van der Waals surface area contributed by atoms with Gasteiger partial charge in [0.2, 0.25) is 0 Å². The van der Waals surface area contributed by atoms with Crippen LogP contribution in [-0.2, 0) is 0 Å². The summed E-state index contributed by atoms with van der Waals surface area (Å²) in [5.74, 6) is 0.227. The predicted octanol–water partition coefficient (Wildman–Crippen LogP) is 1.16. The summed E-state index contributed by atoms with van der Waals surface area (Å²) >= 11 is 0. The molecular weight excluding hydrogens is 168 g/mol. The Morgan fingerprint density at radius 1 is 1.69 bits per heavy atom. The molecule has 1 heterocycles. The molecule has 0 spiro atoms. The summed E-state index contributed by atoms with van der Waals surface area (Å²) in [6.45, 7) is 1.41. The summed E-state index contributed by atoms with van der Waals surface area (Å²) in [5.41, 5.74) is 0.628. The van der Waals surface area contributed by atoms with E-state index in [2.05, 4.69) is 4.98 Å². The van der Waals surface area contributed by atoms with Crippen LogP contribution in [0.5, 0.6) is 5.75 Å². The Balaban J connectivity index is 3.23. The Hall–Kier alpha value is -1.89. The molecule has 0 aliphatic rings. The number of nitrogens with zero attached hydrogens (tertiary/aromatic N) is 2. The van der Waals surface area contributed by atoms with Gasteiger partial charge in [0.05, 0.1) is 7.11 Å². The summed E-state index contributed by atoms with van der Waals surface area (Å²) in [5, 5.41) is 8.62. The fraction of sp³-hybridized carbons (Fsp3) is 0.222. The first-order chi connectivity index (χ1) is 6.19. The Labute approximate surface area is 75.8 Å². The first kappa shape index (κ1) is 9.20. The molecule has 0 N–H and O–H groups in total. The van der Waals surface area contributed by atoms with Gasteiger partial charge in [-0.25, -0.2) is 0 Å². The summed E-state index contributed by atoms with van der Waals surface area (Å²) in [7, 11) is 1.44. The van der Waals surface area contributed by atoms with Crippen molar-refractivity contribution in [3.8, 4) is 11.8 Å². The van der Waals surface area contributed by atoms with Crippen LogP contribution in [0.1, 0.15) is 23.0 Å². The lowest BCUT2D eigenvalue weighted by Gasteiger charge is -2.02. The highest BCUT2D eigenvalue weighted by Crippen LogP contribution is 2.16. The molecule has 0 fully saturated rings. The minimum Gasteiger partial charge on any atom is -0.495 e. The fourth-order valence-corrected chi connectivity index (χ4v) is 0.882. The van der Waals surface area contributed by atoms with Gasteiger partial charge < -0.3 is 4.74 Å². The average Bonchev–Trinajstić information content (AvgIpc) is 2.16. The lowest BCUT2D eigenvalue weighted by molar-refractivity contribution is 0.101. The molecule has 0 aliphatic heterocycles. The quantitative estimate of drug-likeness (QED) is 0.634. The van der Waals surface area contributed by atoms with Crippen molar-refractivity contribution in [3.05, 3.63) is 23.5 Å². The van der Waals surface area contributed by atoms with Gasteiger partial charge >= 0.3 is 0 Å². The number of carbonyl (C=O) groups is 1. The molecule has 0 saturated carbocycles. The van der Waals surface area contributed by atoms with Crippen molar-refractivity contribution in [1.29, 1.82) is 5.26 Å². The van der Waals surface area contributed by atoms with E-state index in [0.717, 1.165) is 0 Å². The van der Waals surface area contributed by atoms with Crippen molar-refractivity contribution in [2.45, 2.75) is 6.92 Å². The number of hydrogen-bond donors (Lipinski definition) is 0. The second-order valence-corrected chi connectivity index (χ2v) is 2.44. The van der Waals surface area contributed by atoms with Gasteiger partial charge in [-0.15, -0.1) is 0 Å². The second-order valence-electron chi connectivity index (χ2n) is 2.44. The average molecular weight is 176 g/mol. The van der Waals surface area contributed by atoms with Crippen molar-refractivity contribution in [3.63, 3.8) is 0 Å². The number of ketones is 1. The highest BCUT2D eigenvalue weighted by Gasteiger charge is 2.07. The van der Waals surface area contributed by atoms with E-state index in [0.29, 0.717) is 17.0 Å². The minimum atomic E-state index is -0.150. The van der Waals surface area contributed by atoms with Gasteiger partial charge in [-0.1, -0.05) is 0 Å². The molecule has 0 aromatic carbocycles. The summed E-state index contributed by atoms with van der Waals surface area (Å²) in [4.78, 5) is 14.7. The van der Waals surface area contributed by atoms with Crippen LogP contribution in [0.15, 0.2) is 12.3 Å². The van der Waals surface area contributed by atoms with E-state index in [1.54, 1.807) is 0 Å². The predicted molar refractivity (Wildman–Crippen MR) is 45.5 cm³/mol. The van der Waals surface area contributed by atoms with Crippen LogP contribution in [0.3, 0.4) is 0 Å². The molecule has 66 valence electrons. The molecule has 1 aromatic rings. The maximum Gasteiger partial charge on any atom is 0.178 e. The van der Waals surface area contributed by atoms with E-state index >= 15 is 0 Å². The van der Waals surface area contributed by atoms with Crippen molar-refractivity contribution in [2.75, 3.05) is 7.11 Å². The first-order valence-corrected chi connectivity index (χ1v) is 3.64. The van der Waals surface area contributed by atoms with Crippen molar-refractivity contribution >= 4 is 5.78 Å². The first-order valence-electron chi connectivity index (χ1n) is 3.64. The fourth-order valence-electron chi connectivity index (χ4n) is 0.882. The van der Waals surface area contributed by atoms with Crippen LogP contribution in [0, 0.1) is 11.3 Å². The van der Waals surface area contributed by atoms with E-state index in [1.807, 2.05) is 6.07 Å². The molecule has 0 atom stereocenters. The molecule has 1 aromatic heterocycles. The molecule has 0 radical (unpaired) electrons. The molecule has 0 amide bonds. The highest BCUT2D eigenvalue weighted by atomic mass is 16.5. The van der Waals surface area contributed by atoms with Crippen molar-refractivity contribution in [2.24, 2.45) is 0 Å². The monoisotopic (exact) mass is 176 g/mol. The standard InChI is InChI=1S/C9H8N2O2/c1-6(12)8-3-9(13-2)7(4-10)5-11-8/h3,5H,1-2H3. The van der Waals surface area contributed by atoms with Crippen LogP contribution < -0.4 is 4.74 Å². The van der Waals surface area contributed by atoms with E-state index < -0.39 is 0 Å². The molecule has 4 heteroatoms. The van der Waals surface area contributed by atoms with Gasteiger partial charge in [0.1, 0.15) is 23.1 Å². The van der Waals surface area contributed by atoms with Crippen molar-refractivity contribution < 1.29 is 9.53 Å². The number of pyridine rings is 1. The zero-order valence-electron chi connectivity index (χ0n) is 7.37. The number of hydrogen-bond acceptors (Lipinski definition) is 4. The summed E-state index contributed by atoms with van der Waals surface area (Å²) in [6, 6.07) is 3.37. The highest BCUT2D eigenvalue weighted by molar-refractivity contribution is 5.92. The number of Topliss-reactive ketones (excluding diaryl/α,β-unsaturated/α-hetero) is 1. The molecule has 0 saturated heterocycles. The molecule has 1 rings (SSSR count). The second kappa shape index (κ2) is 3.68. The van der Waals surface area contributed by atoms with Crippen LogP contribution in [0.2, 0.25) is 0 Å². The topological polar surface area (TPSA) is 63.0 Å². The van der Waals surface area contributed by atoms with E-state index in [-0.39, 0.29) is 5.78 Å². The molecule has 0 bridgehead atoms. The summed E-state index contributed by atoms with van der Waals surface area (Å²) < 4.78 is 4.91. The third-order valence-corrected chi connectivity index (χ3v) is 1.57. The summed E-state index contributed by atoms with van der Waals surface area (Å²) in [6.07, 6.45) is 1.33. The number of aromatic nitrogens is 1. The number of rotatable bonds is 2. The Morgan fingerprint density at radius 3 is 2.85 bits per heavy atom. The van der Waals surface area contributed by atoms with Crippen LogP contribution >= 0.6 is 0 Å². The molecular formula is C9H8N2O2. The van der Waals surface area contributed by atoms with Gasteiger partial charge in [-0.3, -0.25) is 9.78 Å². The van der Waals surface area contributed by atoms with Gasteiger partial charge in [0.25, 0.3) is 0 Å². The minimum absolute atomic E-state index is 0.150. The van der Waals surface area contributed by atoms with Gasteiger partial charge in [0, 0.05) is 19.2 Å². The van der Waals surface area contributed by atoms with Gasteiger partial charge in [-0.2, -0.15) is 5.26 Å². The van der Waals surface area contributed by atoms with E-state index in [9.17, 15) is 4.79 Å². The van der Waals surface area contributed by atoms with Crippen LogP contribution in [0.4, 0.5) is 0 Å². The number of methoxy groups -OCH3 is 1. The Morgan fingerprint density at radius 2 is 2.38 bits per heavy atom. The third kappa shape index (κ3) is 1.82. The maximum atomic E-state index is 10.9. The lowest BCUT2D eigenvalue weighted by Crippen LogP contribution is -1.99. The van der Waals surface area contributed by atoms with E-state index in [1.165, 1.54) is 26.3 Å². The number of nitriles is 1. The number of ether oxygens (including phenoxy) is 1. The van der Waals surface area contributed by atoms with Gasteiger partial charge in [0.15, 0.2) is 5.78 Å². The molecule has 13 heavy (non-hydrogen) atoms. The third-order valence-electron chi connectivity index (χ3n) is 1.57. The Bertz CT molecular complexity index is 380. The normalized spacial score (nSPS) is 9.00. The van der Waals surface area contributed by atoms with E-state index in [4.69, 9.17) is 10.00 Å². The molecule has 4 nitrogen and oxygen atoms in total. The maximum absolute atomic E-state index is 10.9.